The van der Waals surface area contributed by atoms with Gasteiger partial charge in [0.25, 0.3) is 0 Å². The van der Waals surface area contributed by atoms with Gasteiger partial charge in [0.2, 0.25) is 5.88 Å². The summed E-state index contributed by atoms with van der Waals surface area (Å²) in [5.74, 6) is 0.633. The van der Waals surface area contributed by atoms with E-state index in [1.54, 1.807) is 25.4 Å². The molecule has 0 unspecified atom stereocenters. The number of hydrogen-bond acceptors (Lipinski definition) is 6. The predicted octanol–water partition coefficient (Wildman–Crippen LogP) is 0.0931. The Morgan fingerprint density at radius 2 is 2.22 bits per heavy atom. The zero-order valence-electron chi connectivity index (χ0n) is 12.9. The average molecular weight is 343 g/mol. The van der Waals surface area contributed by atoms with E-state index >= 15 is 0 Å². The van der Waals surface area contributed by atoms with Crippen molar-refractivity contribution >= 4 is 15.9 Å². The molecule has 1 atom stereocenters. The molecule has 23 heavy (non-hydrogen) atoms. The second kappa shape index (κ2) is 8.11. The minimum Gasteiger partial charge on any atom is -0.475 e. The Bertz CT molecular complexity index is 618. The van der Waals surface area contributed by atoms with Crippen LogP contribution < -0.4 is 15.4 Å². The molecule has 1 saturated heterocycles. The fourth-order valence-electron chi connectivity index (χ4n) is 2.16. The quantitative estimate of drug-likeness (QED) is 0.680. The molecular formula is C14H21N3O5S. The van der Waals surface area contributed by atoms with Gasteiger partial charge in [-0.05, 0) is 12.0 Å². The molecule has 8 nitrogen and oxygen atoms in total. The monoisotopic (exact) mass is 343 g/mol. The molecule has 9 heteroatoms. The number of ether oxygens (including phenoxy) is 2. The predicted molar refractivity (Wildman–Crippen MR) is 84.0 cm³/mol. The highest BCUT2D eigenvalue weighted by Gasteiger charge is 2.28. The first-order chi connectivity index (χ1) is 11.0. The molecule has 1 aliphatic heterocycles. The Labute approximate surface area is 135 Å². The van der Waals surface area contributed by atoms with Crippen molar-refractivity contribution in [2.24, 2.45) is 0 Å². The van der Waals surface area contributed by atoms with E-state index in [0.29, 0.717) is 32.1 Å². The topological polar surface area (TPSA) is 107 Å². The summed E-state index contributed by atoms with van der Waals surface area (Å²) >= 11 is 0. The van der Waals surface area contributed by atoms with E-state index in [1.165, 1.54) is 0 Å². The molecule has 1 aromatic heterocycles. The first-order valence-electron chi connectivity index (χ1n) is 7.30. The van der Waals surface area contributed by atoms with Crippen LogP contribution in [-0.2, 0) is 21.1 Å². The van der Waals surface area contributed by atoms with Gasteiger partial charge in [0, 0.05) is 32.0 Å². The number of sulfone groups is 1. The van der Waals surface area contributed by atoms with E-state index in [2.05, 4.69) is 15.6 Å². The number of hydrogen-bond donors (Lipinski definition) is 2. The average Bonchev–Trinajstić information content (AvgIpc) is 2.85. The summed E-state index contributed by atoms with van der Waals surface area (Å²) < 4.78 is 32.9. The van der Waals surface area contributed by atoms with Crippen LogP contribution in [0.15, 0.2) is 18.3 Å². The number of carbonyl (C=O) groups is 1. The van der Waals surface area contributed by atoms with Crippen LogP contribution in [0.5, 0.6) is 5.88 Å². The third-order valence-electron chi connectivity index (χ3n) is 3.36. The van der Waals surface area contributed by atoms with Gasteiger partial charge in [0.05, 0.1) is 18.1 Å². The molecule has 0 spiro atoms. The third kappa shape index (κ3) is 6.03. The van der Waals surface area contributed by atoms with E-state index in [-0.39, 0.29) is 23.6 Å². The fraction of sp³-hybridized carbons (Fsp3) is 0.571. The highest BCUT2D eigenvalue weighted by Crippen LogP contribution is 2.11. The molecule has 1 fully saturated rings. The summed E-state index contributed by atoms with van der Waals surface area (Å²) in [4.78, 5) is 15.9. The first-order valence-corrected chi connectivity index (χ1v) is 9.12. The molecule has 128 valence electrons. The van der Waals surface area contributed by atoms with Crippen molar-refractivity contribution in [3.63, 3.8) is 0 Å². The molecule has 0 saturated carbocycles. The number of amides is 2. The molecule has 2 heterocycles. The van der Waals surface area contributed by atoms with E-state index in [0.717, 1.165) is 5.56 Å². The van der Waals surface area contributed by atoms with Crippen LogP contribution in [0.25, 0.3) is 0 Å². The van der Waals surface area contributed by atoms with Gasteiger partial charge in [-0.2, -0.15) is 0 Å². The van der Waals surface area contributed by atoms with Gasteiger partial charge in [0.15, 0.2) is 9.84 Å². The Kier molecular flexibility index (Phi) is 6.17. The van der Waals surface area contributed by atoms with Crippen LogP contribution in [0.4, 0.5) is 4.79 Å². The minimum absolute atomic E-state index is 0.00941. The van der Waals surface area contributed by atoms with E-state index in [9.17, 15) is 13.2 Å². The van der Waals surface area contributed by atoms with Crippen molar-refractivity contribution in [1.29, 1.82) is 0 Å². The maximum atomic E-state index is 11.7. The lowest BCUT2D eigenvalue weighted by atomic mass is 10.2. The summed E-state index contributed by atoms with van der Waals surface area (Å²) in [5.41, 5.74) is 0.818. The maximum Gasteiger partial charge on any atom is 0.315 e. The molecule has 2 rings (SSSR count). The fourth-order valence-corrected chi connectivity index (χ4v) is 3.83. The van der Waals surface area contributed by atoms with Gasteiger partial charge in [-0.15, -0.1) is 0 Å². The zero-order chi connectivity index (χ0) is 16.7. The second-order valence-corrected chi connectivity index (χ2v) is 7.50. The number of carbonyl (C=O) groups excluding carboxylic acids is 1. The molecule has 2 N–H and O–H groups in total. The number of nitrogens with one attached hydrogen (secondary N) is 2. The van der Waals surface area contributed by atoms with Gasteiger partial charge in [-0.1, -0.05) is 6.07 Å². The van der Waals surface area contributed by atoms with Crippen molar-refractivity contribution < 1.29 is 22.7 Å². The maximum absolute atomic E-state index is 11.7. The summed E-state index contributed by atoms with van der Waals surface area (Å²) in [5, 5.41) is 5.34. The van der Waals surface area contributed by atoms with Crippen LogP contribution in [0, 0.1) is 0 Å². The van der Waals surface area contributed by atoms with Crippen LogP contribution in [-0.4, -0.2) is 57.3 Å². The minimum atomic E-state index is -3.00. The Hall–Kier alpha value is -1.87. The lowest BCUT2D eigenvalue weighted by Gasteiger charge is -2.12. The number of nitrogens with zero attached hydrogens (tertiary/aromatic N) is 1. The normalized spacial score (nSPS) is 19.3. The van der Waals surface area contributed by atoms with E-state index in [4.69, 9.17) is 9.47 Å². The molecule has 0 bridgehead atoms. The standard InChI is InChI=1S/C14H21N3O5S/c1-21-5-6-22-13-3-2-11(8-15-13)9-16-14(18)17-12-4-7-23(19,20)10-12/h2-3,8,12H,4-7,9-10H2,1H3,(H2,16,17,18)/t12-/m1/s1. The molecule has 0 aliphatic carbocycles. The Morgan fingerprint density at radius 1 is 1.39 bits per heavy atom. The van der Waals surface area contributed by atoms with Crippen LogP contribution >= 0.6 is 0 Å². The lowest BCUT2D eigenvalue weighted by Crippen LogP contribution is -2.42. The molecule has 0 radical (unpaired) electrons. The van der Waals surface area contributed by atoms with Crippen LogP contribution in [0.1, 0.15) is 12.0 Å². The first kappa shape index (κ1) is 17.5. The third-order valence-corrected chi connectivity index (χ3v) is 5.12. The highest BCUT2D eigenvalue weighted by molar-refractivity contribution is 7.91. The summed E-state index contributed by atoms with van der Waals surface area (Å²) in [6, 6.07) is 2.83. The lowest BCUT2D eigenvalue weighted by molar-refractivity contribution is 0.143. The number of rotatable bonds is 7. The number of aromatic nitrogens is 1. The zero-order valence-corrected chi connectivity index (χ0v) is 13.8. The summed E-state index contributed by atoms with van der Waals surface area (Å²) in [6.07, 6.45) is 2.08. The number of methoxy groups -OCH3 is 1. The van der Waals surface area contributed by atoms with Crippen LogP contribution in [0.2, 0.25) is 0 Å². The number of urea groups is 1. The summed E-state index contributed by atoms with van der Waals surface area (Å²) in [7, 11) is -1.40. The van der Waals surface area contributed by atoms with Crippen molar-refractivity contribution in [2.45, 2.75) is 19.0 Å². The molecule has 1 aromatic rings. The smallest absolute Gasteiger partial charge is 0.315 e. The Morgan fingerprint density at radius 3 is 2.83 bits per heavy atom. The second-order valence-electron chi connectivity index (χ2n) is 5.27. The van der Waals surface area contributed by atoms with E-state index in [1.807, 2.05) is 0 Å². The number of pyridine rings is 1. The van der Waals surface area contributed by atoms with E-state index < -0.39 is 9.84 Å². The van der Waals surface area contributed by atoms with Gasteiger partial charge < -0.3 is 20.1 Å². The van der Waals surface area contributed by atoms with Crippen molar-refractivity contribution in [3.05, 3.63) is 23.9 Å². The van der Waals surface area contributed by atoms with Gasteiger partial charge in [0.1, 0.15) is 6.61 Å². The molecule has 0 aromatic carbocycles. The Balaban J connectivity index is 1.72. The van der Waals surface area contributed by atoms with Gasteiger partial charge >= 0.3 is 6.03 Å². The van der Waals surface area contributed by atoms with Crippen molar-refractivity contribution in [1.82, 2.24) is 15.6 Å². The van der Waals surface area contributed by atoms with Gasteiger partial charge in [-0.25, -0.2) is 18.2 Å². The largest absolute Gasteiger partial charge is 0.475 e. The SMILES string of the molecule is COCCOc1ccc(CNC(=O)N[C@@H]2CCS(=O)(=O)C2)cn1. The molecule has 2 amide bonds. The molecule has 1 aliphatic rings. The van der Waals surface area contributed by atoms with Crippen molar-refractivity contribution in [3.8, 4) is 5.88 Å². The van der Waals surface area contributed by atoms with Crippen LogP contribution in [0.3, 0.4) is 0 Å². The summed E-state index contributed by atoms with van der Waals surface area (Å²) in [6.45, 7) is 1.21. The van der Waals surface area contributed by atoms with Gasteiger partial charge in [-0.3, -0.25) is 0 Å². The highest BCUT2D eigenvalue weighted by atomic mass is 32.2. The van der Waals surface area contributed by atoms with Crippen molar-refractivity contribution in [2.75, 3.05) is 31.8 Å². The molecular weight excluding hydrogens is 322 g/mol.